The van der Waals surface area contributed by atoms with Gasteiger partial charge in [0.15, 0.2) is 0 Å². The lowest BCUT2D eigenvalue weighted by Crippen LogP contribution is -2.23. The molecule has 0 aliphatic heterocycles. The van der Waals surface area contributed by atoms with E-state index < -0.39 is 0 Å². The summed E-state index contributed by atoms with van der Waals surface area (Å²) in [5.41, 5.74) is 2.62. The van der Waals surface area contributed by atoms with Crippen molar-refractivity contribution in [2.45, 2.75) is 13.0 Å². The number of hydrogen-bond donors (Lipinski definition) is 2. The fourth-order valence-corrected chi connectivity index (χ4v) is 2.29. The highest BCUT2D eigenvalue weighted by Gasteiger charge is 2.07. The van der Waals surface area contributed by atoms with Crippen LogP contribution in [0.4, 0.5) is 5.95 Å². The van der Waals surface area contributed by atoms with Gasteiger partial charge in [-0.15, -0.1) is 0 Å². The van der Waals surface area contributed by atoms with Gasteiger partial charge in [0.05, 0.1) is 5.56 Å². The van der Waals surface area contributed by atoms with Crippen LogP contribution in [0.25, 0.3) is 0 Å². The number of amides is 1. The lowest BCUT2D eigenvalue weighted by molar-refractivity contribution is 0.0950. The molecule has 2 aromatic heterocycles. The zero-order valence-corrected chi connectivity index (χ0v) is 13.7. The third-order valence-electron chi connectivity index (χ3n) is 3.63. The summed E-state index contributed by atoms with van der Waals surface area (Å²) in [5, 5.41) is 5.97. The van der Waals surface area contributed by atoms with E-state index in [1.54, 1.807) is 12.4 Å². The van der Waals surface area contributed by atoms with E-state index in [1.165, 1.54) is 18.0 Å². The molecule has 3 aromatic rings. The second kappa shape index (κ2) is 8.54. The summed E-state index contributed by atoms with van der Waals surface area (Å²) in [7, 11) is 0. The van der Waals surface area contributed by atoms with Gasteiger partial charge in [-0.3, -0.25) is 9.78 Å². The van der Waals surface area contributed by atoms with E-state index in [9.17, 15) is 4.79 Å². The number of rotatable bonds is 7. The van der Waals surface area contributed by atoms with Crippen LogP contribution in [0, 0.1) is 0 Å². The molecule has 6 heteroatoms. The predicted molar refractivity (Wildman–Crippen MR) is 96.1 cm³/mol. The summed E-state index contributed by atoms with van der Waals surface area (Å²) < 4.78 is 0. The Morgan fingerprint density at radius 3 is 2.40 bits per heavy atom. The van der Waals surface area contributed by atoms with E-state index in [2.05, 4.69) is 37.7 Å². The fraction of sp³-hybridized carbons (Fsp3) is 0.158. The molecule has 0 fully saturated rings. The van der Waals surface area contributed by atoms with Crippen LogP contribution in [0.2, 0.25) is 0 Å². The van der Waals surface area contributed by atoms with E-state index >= 15 is 0 Å². The number of anilines is 1. The Kier molecular flexibility index (Phi) is 5.66. The lowest BCUT2D eigenvalue weighted by Gasteiger charge is -2.07. The van der Waals surface area contributed by atoms with Gasteiger partial charge in [0, 0.05) is 37.9 Å². The third-order valence-corrected chi connectivity index (χ3v) is 3.63. The van der Waals surface area contributed by atoms with Crippen molar-refractivity contribution in [1.29, 1.82) is 0 Å². The van der Waals surface area contributed by atoms with Crippen LogP contribution in [-0.2, 0) is 13.0 Å². The van der Waals surface area contributed by atoms with Crippen LogP contribution in [-0.4, -0.2) is 27.4 Å². The van der Waals surface area contributed by atoms with Gasteiger partial charge in [-0.1, -0.05) is 36.4 Å². The van der Waals surface area contributed by atoms with Gasteiger partial charge in [-0.25, -0.2) is 9.97 Å². The Labute approximate surface area is 146 Å². The van der Waals surface area contributed by atoms with E-state index in [-0.39, 0.29) is 5.91 Å². The average Bonchev–Trinajstić information content (AvgIpc) is 2.68. The van der Waals surface area contributed by atoms with Gasteiger partial charge in [0.1, 0.15) is 0 Å². The smallest absolute Gasteiger partial charge is 0.254 e. The van der Waals surface area contributed by atoms with Crippen molar-refractivity contribution in [2.24, 2.45) is 0 Å². The van der Waals surface area contributed by atoms with E-state index in [0.29, 0.717) is 18.1 Å². The Bertz CT molecular complexity index is 791. The number of nitrogens with zero attached hydrogens (tertiary/aromatic N) is 3. The minimum Gasteiger partial charge on any atom is -0.354 e. The van der Waals surface area contributed by atoms with Crippen molar-refractivity contribution < 1.29 is 4.79 Å². The maximum Gasteiger partial charge on any atom is 0.254 e. The van der Waals surface area contributed by atoms with Crippen molar-refractivity contribution in [2.75, 3.05) is 11.9 Å². The van der Waals surface area contributed by atoms with Crippen LogP contribution in [0.5, 0.6) is 0 Å². The topological polar surface area (TPSA) is 79.8 Å². The zero-order chi connectivity index (χ0) is 17.3. The molecule has 0 aliphatic rings. The molecule has 1 amide bonds. The molecule has 25 heavy (non-hydrogen) atoms. The number of carbonyl (C=O) groups excluding carboxylic acids is 1. The van der Waals surface area contributed by atoms with Crippen molar-refractivity contribution in [3.63, 3.8) is 0 Å². The summed E-state index contributed by atoms with van der Waals surface area (Å²) in [6.45, 7) is 1.15. The highest BCUT2D eigenvalue weighted by Crippen LogP contribution is 2.03. The number of nitrogens with one attached hydrogen (secondary N) is 2. The van der Waals surface area contributed by atoms with Gasteiger partial charge in [0.2, 0.25) is 5.95 Å². The molecule has 0 atom stereocenters. The highest BCUT2D eigenvalue weighted by molar-refractivity contribution is 5.93. The van der Waals surface area contributed by atoms with Crippen molar-refractivity contribution in [3.05, 3.63) is 83.9 Å². The first kappa shape index (κ1) is 16.6. The Hall–Kier alpha value is -3.28. The summed E-state index contributed by atoms with van der Waals surface area (Å²) in [6.07, 6.45) is 7.35. The molecule has 0 spiro atoms. The Morgan fingerprint density at radius 2 is 1.68 bits per heavy atom. The molecule has 1 aromatic carbocycles. The number of hydrogen-bond acceptors (Lipinski definition) is 5. The zero-order valence-electron chi connectivity index (χ0n) is 13.7. The monoisotopic (exact) mass is 333 g/mol. The molecule has 6 nitrogen and oxygen atoms in total. The van der Waals surface area contributed by atoms with E-state index in [0.717, 1.165) is 18.5 Å². The van der Waals surface area contributed by atoms with E-state index in [1.807, 2.05) is 30.3 Å². The van der Waals surface area contributed by atoms with Gasteiger partial charge in [-0.05, 0) is 23.6 Å². The van der Waals surface area contributed by atoms with Crippen molar-refractivity contribution in [3.8, 4) is 0 Å². The highest BCUT2D eigenvalue weighted by atomic mass is 16.1. The average molecular weight is 333 g/mol. The fourth-order valence-electron chi connectivity index (χ4n) is 2.29. The standard InChI is InChI=1S/C19H19N5O/c25-18(22-12-16-7-4-9-20-11-16)17-13-23-19(24-14-17)21-10-8-15-5-2-1-3-6-15/h1-7,9,11,13-14H,8,10,12H2,(H,22,25)(H,21,23,24). The first-order valence-electron chi connectivity index (χ1n) is 8.08. The molecule has 0 saturated carbocycles. The molecule has 0 unspecified atom stereocenters. The van der Waals surface area contributed by atoms with Crippen LogP contribution in [0.3, 0.4) is 0 Å². The van der Waals surface area contributed by atoms with Gasteiger partial charge in [0.25, 0.3) is 5.91 Å². The van der Waals surface area contributed by atoms with Gasteiger partial charge < -0.3 is 10.6 Å². The van der Waals surface area contributed by atoms with Crippen LogP contribution in [0.1, 0.15) is 21.5 Å². The maximum absolute atomic E-state index is 12.1. The lowest BCUT2D eigenvalue weighted by atomic mass is 10.1. The Morgan fingerprint density at radius 1 is 0.920 bits per heavy atom. The normalized spacial score (nSPS) is 10.2. The number of carbonyl (C=O) groups is 1. The first-order valence-corrected chi connectivity index (χ1v) is 8.08. The Balaban J connectivity index is 1.47. The molecule has 0 radical (unpaired) electrons. The van der Waals surface area contributed by atoms with Crippen molar-refractivity contribution in [1.82, 2.24) is 20.3 Å². The maximum atomic E-state index is 12.1. The summed E-state index contributed by atoms with van der Waals surface area (Å²) in [4.78, 5) is 24.5. The van der Waals surface area contributed by atoms with Crippen molar-refractivity contribution >= 4 is 11.9 Å². The van der Waals surface area contributed by atoms with Crippen LogP contribution >= 0.6 is 0 Å². The van der Waals surface area contributed by atoms with E-state index in [4.69, 9.17) is 0 Å². The number of pyridine rings is 1. The van der Waals surface area contributed by atoms with Crippen LogP contribution < -0.4 is 10.6 Å². The molecule has 0 aliphatic carbocycles. The molecular formula is C19H19N5O. The molecule has 0 bridgehead atoms. The quantitative estimate of drug-likeness (QED) is 0.694. The van der Waals surface area contributed by atoms with Crippen LogP contribution in [0.15, 0.2) is 67.3 Å². The van der Waals surface area contributed by atoms with Gasteiger partial charge in [-0.2, -0.15) is 0 Å². The molecule has 2 N–H and O–H groups in total. The molecule has 3 rings (SSSR count). The number of aromatic nitrogens is 3. The SMILES string of the molecule is O=C(NCc1cccnc1)c1cnc(NCCc2ccccc2)nc1. The third kappa shape index (κ3) is 5.10. The minimum absolute atomic E-state index is 0.209. The molecule has 0 saturated heterocycles. The predicted octanol–water partition coefficient (Wildman–Crippen LogP) is 2.46. The molecular weight excluding hydrogens is 314 g/mol. The number of benzene rings is 1. The summed E-state index contributed by atoms with van der Waals surface area (Å²) >= 11 is 0. The molecule has 126 valence electrons. The second-order valence-corrected chi connectivity index (χ2v) is 5.50. The van der Waals surface area contributed by atoms with Gasteiger partial charge >= 0.3 is 0 Å². The summed E-state index contributed by atoms with van der Waals surface area (Å²) in [6, 6.07) is 13.9. The summed E-state index contributed by atoms with van der Waals surface area (Å²) in [5.74, 6) is 0.305. The molecule has 2 heterocycles. The first-order chi connectivity index (χ1) is 12.3. The minimum atomic E-state index is -0.209. The largest absolute Gasteiger partial charge is 0.354 e. The second-order valence-electron chi connectivity index (χ2n) is 5.50.